The first kappa shape index (κ1) is 31.5. The average Bonchev–Trinajstić information content (AvgIpc) is 3.35. The third kappa shape index (κ3) is 7.47. The quantitative estimate of drug-likeness (QED) is 0.446. The predicted octanol–water partition coefficient (Wildman–Crippen LogP) is 2.91. The lowest BCUT2D eigenvalue weighted by atomic mass is 10.0. The number of amides is 4. The van der Waals surface area contributed by atoms with Crippen molar-refractivity contribution in [1.82, 2.24) is 20.3 Å². The first-order valence-corrected chi connectivity index (χ1v) is 15.8. The van der Waals surface area contributed by atoms with Crippen LogP contribution in [0.5, 0.6) is 0 Å². The van der Waals surface area contributed by atoms with Gasteiger partial charge in [-0.25, -0.2) is 22.3 Å². The summed E-state index contributed by atoms with van der Waals surface area (Å²) in [6.07, 6.45) is 7.40. The summed E-state index contributed by atoms with van der Waals surface area (Å²) in [5.41, 5.74) is -2.28. The Morgan fingerprint density at radius 3 is 2.48 bits per heavy atom. The summed E-state index contributed by atoms with van der Waals surface area (Å²) in [4.78, 5) is 54.4. The summed E-state index contributed by atoms with van der Waals surface area (Å²) in [5, 5.41) is 5.45. The second-order valence-electron chi connectivity index (χ2n) is 12.1. The van der Waals surface area contributed by atoms with Crippen LogP contribution in [0.2, 0.25) is 0 Å². The van der Waals surface area contributed by atoms with Crippen LogP contribution in [0, 0.1) is 11.7 Å². The summed E-state index contributed by atoms with van der Waals surface area (Å²) in [6.45, 7) is 5.47. The molecule has 0 aromatic heterocycles. The van der Waals surface area contributed by atoms with Crippen molar-refractivity contribution in [1.29, 1.82) is 0 Å². The van der Waals surface area contributed by atoms with E-state index in [1.165, 1.54) is 4.90 Å². The number of ether oxygens (including phenoxy) is 1. The third-order valence-electron chi connectivity index (χ3n) is 7.68. The number of carbonyl (C=O) groups is 4. The largest absolute Gasteiger partial charge is 0.444 e. The molecule has 11 nitrogen and oxygen atoms in total. The SMILES string of the molecule is CC(C)(C)OC(=O)N[C@H]1CCCCC/C=C\[C@H]2C[C@@]2(C(=O)NS(=O)(=O)c2ccc(F)cc2)NC(=O)[C@@H]2CCCN2C1=O. The zero-order chi connectivity index (χ0) is 30.7. The van der Waals surface area contributed by atoms with Crippen LogP contribution >= 0.6 is 0 Å². The second kappa shape index (κ2) is 12.4. The molecule has 3 N–H and O–H groups in total. The maximum absolute atomic E-state index is 13.7. The molecule has 2 fully saturated rings. The van der Waals surface area contributed by atoms with Crippen LogP contribution in [-0.4, -0.2) is 66.9 Å². The van der Waals surface area contributed by atoms with Crippen molar-refractivity contribution >= 4 is 33.8 Å². The number of alkyl carbamates (subject to hydrolysis) is 1. The minimum absolute atomic E-state index is 0.184. The lowest BCUT2D eigenvalue weighted by molar-refractivity contribution is -0.141. The topological polar surface area (TPSA) is 151 Å². The van der Waals surface area contributed by atoms with Crippen LogP contribution in [0.15, 0.2) is 41.3 Å². The van der Waals surface area contributed by atoms with Crippen LogP contribution in [0.4, 0.5) is 9.18 Å². The Hall–Kier alpha value is -3.48. The average molecular weight is 607 g/mol. The molecular weight excluding hydrogens is 567 g/mol. The molecule has 4 atom stereocenters. The molecule has 42 heavy (non-hydrogen) atoms. The highest BCUT2D eigenvalue weighted by Gasteiger charge is 2.61. The highest BCUT2D eigenvalue weighted by molar-refractivity contribution is 7.90. The summed E-state index contributed by atoms with van der Waals surface area (Å²) in [5.74, 6) is -2.95. The Bertz CT molecular complexity index is 1340. The normalized spacial score (nSPS) is 27.8. The molecule has 1 saturated heterocycles. The first-order valence-electron chi connectivity index (χ1n) is 14.3. The van der Waals surface area contributed by atoms with Crippen LogP contribution in [0.1, 0.15) is 72.1 Å². The fourth-order valence-corrected chi connectivity index (χ4v) is 6.47. The molecular formula is C29H39FN4O7S. The smallest absolute Gasteiger partial charge is 0.408 e. The second-order valence-corrected chi connectivity index (χ2v) is 13.8. The van der Waals surface area contributed by atoms with E-state index in [1.807, 2.05) is 16.9 Å². The number of sulfonamides is 1. The zero-order valence-corrected chi connectivity index (χ0v) is 25.0. The van der Waals surface area contributed by atoms with Gasteiger partial charge in [0.25, 0.3) is 15.9 Å². The monoisotopic (exact) mass is 606 g/mol. The molecule has 2 aliphatic heterocycles. The lowest BCUT2D eigenvalue weighted by Crippen LogP contribution is -2.58. The molecule has 0 bridgehead atoms. The van der Waals surface area contributed by atoms with Gasteiger partial charge in [-0.2, -0.15) is 0 Å². The van der Waals surface area contributed by atoms with E-state index in [0.717, 1.165) is 37.1 Å². The van der Waals surface area contributed by atoms with Gasteiger partial charge in [-0.3, -0.25) is 14.4 Å². The van der Waals surface area contributed by atoms with E-state index in [1.54, 1.807) is 20.8 Å². The summed E-state index contributed by atoms with van der Waals surface area (Å²) in [7, 11) is -4.34. The fourth-order valence-electron chi connectivity index (χ4n) is 5.43. The van der Waals surface area contributed by atoms with E-state index in [4.69, 9.17) is 4.74 Å². The molecule has 0 unspecified atom stereocenters. The van der Waals surface area contributed by atoms with E-state index in [-0.39, 0.29) is 11.3 Å². The van der Waals surface area contributed by atoms with E-state index in [9.17, 15) is 32.0 Å². The van der Waals surface area contributed by atoms with E-state index in [2.05, 4.69) is 10.6 Å². The number of hydrogen-bond acceptors (Lipinski definition) is 7. The van der Waals surface area contributed by atoms with Gasteiger partial charge >= 0.3 is 6.09 Å². The molecule has 4 amide bonds. The Balaban J connectivity index is 1.56. The maximum Gasteiger partial charge on any atom is 0.408 e. The molecule has 4 rings (SSSR count). The van der Waals surface area contributed by atoms with Crippen molar-refractivity contribution < 1.29 is 36.7 Å². The summed E-state index contributed by atoms with van der Waals surface area (Å²) < 4.78 is 46.5. The predicted molar refractivity (Wildman–Crippen MR) is 151 cm³/mol. The van der Waals surface area contributed by atoms with E-state index >= 15 is 0 Å². The van der Waals surface area contributed by atoms with Gasteiger partial charge in [0, 0.05) is 12.5 Å². The van der Waals surface area contributed by atoms with E-state index < -0.39 is 68.8 Å². The van der Waals surface area contributed by atoms with Crippen LogP contribution < -0.4 is 15.4 Å². The number of nitrogens with one attached hydrogen (secondary N) is 3. The highest BCUT2D eigenvalue weighted by Crippen LogP contribution is 2.45. The van der Waals surface area contributed by atoms with Crippen LogP contribution in [0.3, 0.4) is 0 Å². The number of fused-ring (bicyclic) bond motifs is 2. The number of benzene rings is 1. The Kier molecular flexibility index (Phi) is 9.29. The standard InChI is InChI=1S/C29H39FN4O7S/c1-28(2,3)41-27(38)31-22-11-8-6-4-5-7-10-19-18-29(19,32-24(35)23-12-9-17-34(23)25(22)36)26(37)33-42(39,40)21-15-13-20(30)14-16-21/h7,10,13-16,19,22-23H,4-6,8-9,11-12,17-18H2,1-3H3,(H,31,38)(H,32,35)(H,33,37)/b10-7-/t19-,22-,23-,29+/m0/s1. The van der Waals surface area contributed by atoms with Crippen molar-refractivity contribution in [2.75, 3.05) is 6.54 Å². The summed E-state index contributed by atoms with van der Waals surface area (Å²) in [6, 6.07) is 2.26. The summed E-state index contributed by atoms with van der Waals surface area (Å²) >= 11 is 0. The van der Waals surface area contributed by atoms with Gasteiger partial charge in [0.05, 0.1) is 4.90 Å². The molecule has 0 spiro atoms. The van der Waals surface area contributed by atoms with Gasteiger partial charge in [0.15, 0.2) is 0 Å². The fraction of sp³-hybridized carbons (Fsp3) is 0.586. The number of hydrogen-bond donors (Lipinski definition) is 3. The molecule has 1 aromatic carbocycles. The molecule has 2 heterocycles. The van der Waals surface area contributed by atoms with E-state index in [0.29, 0.717) is 38.6 Å². The van der Waals surface area contributed by atoms with Gasteiger partial charge in [-0.05, 0) is 83.6 Å². The van der Waals surface area contributed by atoms with Gasteiger partial charge in [-0.1, -0.05) is 25.0 Å². The molecule has 230 valence electrons. The minimum Gasteiger partial charge on any atom is -0.444 e. The van der Waals surface area contributed by atoms with Gasteiger partial charge in [0.2, 0.25) is 11.8 Å². The zero-order valence-electron chi connectivity index (χ0n) is 24.2. The maximum atomic E-state index is 13.7. The molecule has 1 saturated carbocycles. The Labute approximate surface area is 245 Å². The van der Waals surface area contributed by atoms with Gasteiger partial charge < -0.3 is 20.3 Å². The molecule has 1 aromatic rings. The number of nitrogens with zero attached hydrogens (tertiary/aromatic N) is 1. The molecule has 13 heteroatoms. The Morgan fingerprint density at radius 1 is 1.07 bits per heavy atom. The Morgan fingerprint density at radius 2 is 1.79 bits per heavy atom. The number of allylic oxidation sites excluding steroid dienone is 1. The third-order valence-corrected chi connectivity index (χ3v) is 9.02. The van der Waals surface area contributed by atoms with Crippen molar-refractivity contribution in [2.24, 2.45) is 5.92 Å². The van der Waals surface area contributed by atoms with Crippen molar-refractivity contribution in [3.63, 3.8) is 0 Å². The molecule has 1 aliphatic carbocycles. The minimum atomic E-state index is -4.34. The van der Waals surface area contributed by atoms with Crippen LogP contribution in [-0.2, 0) is 29.1 Å². The lowest BCUT2D eigenvalue weighted by Gasteiger charge is -2.30. The van der Waals surface area contributed by atoms with Crippen molar-refractivity contribution in [3.8, 4) is 0 Å². The molecule has 3 aliphatic rings. The highest BCUT2D eigenvalue weighted by atomic mass is 32.2. The number of carbonyl (C=O) groups excluding carboxylic acids is 4. The first-order chi connectivity index (χ1) is 19.7. The van der Waals surface area contributed by atoms with Crippen LogP contribution in [0.25, 0.3) is 0 Å². The van der Waals surface area contributed by atoms with Crippen molar-refractivity contribution in [2.45, 2.75) is 100 Å². The molecule has 0 radical (unpaired) electrons. The van der Waals surface area contributed by atoms with Crippen molar-refractivity contribution in [3.05, 3.63) is 42.2 Å². The number of halogens is 1. The number of rotatable bonds is 4. The van der Waals surface area contributed by atoms with Gasteiger partial charge in [-0.15, -0.1) is 0 Å². The van der Waals surface area contributed by atoms with Gasteiger partial charge in [0.1, 0.15) is 29.0 Å².